The second-order valence-electron chi connectivity index (χ2n) is 5.78. The molecule has 28 heavy (non-hydrogen) atoms. The van der Waals surface area contributed by atoms with Crippen LogP contribution in [-0.4, -0.2) is 25.9 Å². The molecule has 0 atom stereocenters. The molecule has 2 heterocycles. The third-order valence-electron chi connectivity index (χ3n) is 4.02. The number of thiazole rings is 1. The molecule has 0 unspecified atom stereocenters. The van der Waals surface area contributed by atoms with Crippen molar-refractivity contribution in [2.24, 2.45) is 0 Å². The largest absolute Gasteiger partial charge is 0.296 e. The van der Waals surface area contributed by atoms with Crippen LogP contribution in [0.5, 0.6) is 0 Å². The van der Waals surface area contributed by atoms with Crippen molar-refractivity contribution in [2.45, 2.75) is 27.7 Å². The molecule has 0 fully saturated rings. The Morgan fingerprint density at radius 3 is 2.57 bits per heavy atom. The molecule has 0 bridgehead atoms. The van der Waals surface area contributed by atoms with Crippen LogP contribution in [0.3, 0.4) is 0 Å². The van der Waals surface area contributed by atoms with Gasteiger partial charge in [0, 0.05) is 0 Å². The van der Waals surface area contributed by atoms with Crippen LogP contribution < -0.4 is 5.32 Å². The van der Waals surface area contributed by atoms with Gasteiger partial charge < -0.3 is 0 Å². The van der Waals surface area contributed by atoms with Crippen molar-refractivity contribution in [3.05, 3.63) is 65.2 Å². The summed E-state index contributed by atoms with van der Waals surface area (Å²) in [6, 6.07) is 12.4. The lowest BCUT2D eigenvalue weighted by Gasteiger charge is -2.08. The van der Waals surface area contributed by atoms with Gasteiger partial charge in [0.2, 0.25) is 0 Å². The maximum Gasteiger partial charge on any atom is 0.279 e. The van der Waals surface area contributed by atoms with E-state index in [-0.39, 0.29) is 11.4 Å². The number of hydrogen-bond donors (Lipinski definition) is 1. The summed E-state index contributed by atoms with van der Waals surface area (Å²) >= 11 is 1.38. The number of para-hydroxylation sites is 2. The lowest BCUT2D eigenvalue weighted by Crippen LogP contribution is -2.14. The number of benzene rings is 2. The Morgan fingerprint density at radius 1 is 1.11 bits per heavy atom. The number of amides is 1. The first-order valence-corrected chi connectivity index (χ1v) is 9.71. The lowest BCUT2D eigenvalue weighted by atomic mass is 10.2. The van der Waals surface area contributed by atoms with E-state index in [1.165, 1.54) is 22.1 Å². The zero-order chi connectivity index (χ0) is 20.3. The minimum atomic E-state index is -0.429. The van der Waals surface area contributed by atoms with Crippen molar-refractivity contribution in [1.29, 1.82) is 0 Å². The topological polar surface area (TPSA) is 72.7 Å². The number of halogens is 1. The van der Waals surface area contributed by atoms with Gasteiger partial charge in [-0.15, -0.1) is 5.10 Å². The first kappa shape index (κ1) is 19.6. The third-order valence-corrected chi connectivity index (χ3v) is 4.98. The average Bonchev–Trinajstić information content (AvgIpc) is 3.26. The smallest absolute Gasteiger partial charge is 0.279 e. The molecule has 8 heteroatoms. The van der Waals surface area contributed by atoms with Crippen LogP contribution in [0.4, 0.5) is 9.52 Å². The molecule has 4 rings (SSSR count). The van der Waals surface area contributed by atoms with Gasteiger partial charge in [0.05, 0.1) is 15.9 Å². The summed E-state index contributed by atoms with van der Waals surface area (Å²) in [6.45, 7) is 7.46. The number of carbonyl (C=O) groups is 1. The molecule has 2 aromatic carbocycles. The quantitative estimate of drug-likeness (QED) is 0.533. The van der Waals surface area contributed by atoms with E-state index in [0.29, 0.717) is 16.4 Å². The molecule has 1 amide bonds. The Kier molecular flexibility index (Phi) is 5.79. The van der Waals surface area contributed by atoms with Gasteiger partial charge in [-0.25, -0.2) is 14.1 Å². The molecule has 1 N–H and O–H groups in total. The van der Waals surface area contributed by atoms with Gasteiger partial charge in [-0.2, -0.15) is 0 Å². The fourth-order valence-electron chi connectivity index (χ4n) is 2.72. The number of nitrogens with zero attached hydrogens (tertiary/aromatic N) is 4. The van der Waals surface area contributed by atoms with Crippen molar-refractivity contribution in [1.82, 2.24) is 20.0 Å². The van der Waals surface area contributed by atoms with Crippen molar-refractivity contribution in [2.75, 3.05) is 5.32 Å². The number of aromatic nitrogens is 4. The van der Waals surface area contributed by atoms with E-state index < -0.39 is 11.7 Å². The fraction of sp³-hybridized carbons (Fsp3) is 0.200. The molecule has 144 valence electrons. The zero-order valence-corrected chi connectivity index (χ0v) is 16.8. The third kappa shape index (κ3) is 3.63. The van der Waals surface area contributed by atoms with Crippen LogP contribution in [0, 0.1) is 19.7 Å². The highest BCUT2D eigenvalue weighted by Gasteiger charge is 2.21. The molecule has 0 spiro atoms. The van der Waals surface area contributed by atoms with Crippen LogP contribution in [-0.2, 0) is 0 Å². The molecule has 0 saturated heterocycles. The van der Waals surface area contributed by atoms with Gasteiger partial charge in [-0.05, 0) is 37.6 Å². The lowest BCUT2D eigenvalue weighted by molar-refractivity contribution is 0.102. The first-order valence-electron chi connectivity index (χ1n) is 8.89. The maximum absolute atomic E-state index is 14.2. The Labute approximate surface area is 166 Å². The van der Waals surface area contributed by atoms with Crippen molar-refractivity contribution < 1.29 is 9.18 Å². The number of hydrogen-bond acceptors (Lipinski definition) is 5. The SMILES string of the molecule is CC.Cc1cccc(F)c1-n1nnc(C(=O)Nc2nc3ccccc3s2)c1C. The molecular formula is C20H20FN5OS. The molecule has 4 aromatic rings. The molecular weight excluding hydrogens is 377 g/mol. The molecule has 0 aliphatic carbocycles. The predicted molar refractivity (Wildman–Crippen MR) is 110 cm³/mol. The van der Waals surface area contributed by atoms with Gasteiger partial charge in [0.25, 0.3) is 5.91 Å². The van der Waals surface area contributed by atoms with E-state index in [4.69, 9.17) is 0 Å². The minimum Gasteiger partial charge on any atom is -0.296 e. The van der Waals surface area contributed by atoms with Crippen LogP contribution in [0.15, 0.2) is 42.5 Å². The van der Waals surface area contributed by atoms with Gasteiger partial charge in [0.15, 0.2) is 10.8 Å². The van der Waals surface area contributed by atoms with Crippen LogP contribution in [0.25, 0.3) is 15.9 Å². The van der Waals surface area contributed by atoms with E-state index in [2.05, 4.69) is 20.6 Å². The number of anilines is 1. The van der Waals surface area contributed by atoms with E-state index in [0.717, 1.165) is 10.2 Å². The Balaban J connectivity index is 0.00000109. The second kappa shape index (κ2) is 8.26. The molecule has 6 nitrogen and oxygen atoms in total. The maximum atomic E-state index is 14.2. The molecule has 0 aliphatic rings. The minimum absolute atomic E-state index is 0.131. The monoisotopic (exact) mass is 397 g/mol. The van der Waals surface area contributed by atoms with Crippen LogP contribution in [0.2, 0.25) is 0 Å². The van der Waals surface area contributed by atoms with Gasteiger partial charge >= 0.3 is 0 Å². The summed E-state index contributed by atoms with van der Waals surface area (Å²) in [6.07, 6.45) is 0. The standard InChI is InChI=1S/C18H14FN5OS.C2H6/c1-10-6-5-7-12(19)16(10)24-11(2)15(22-23-24)17(25)21-18-20-13-8-3-4-9-14(13)26-18;1-2/h3-9H,1-2H3,(H,20,21,25);1-2H3. The molecule has 0 aliphatic heterocycles. The Hall–Kier alpha value is -3.13. The normalized spacial score (nSPS) is 10.5. The average molecular weight is 397 g/mol. The van der Waals surface area contributed by atoms with Gasteiger partial charge in [-0.3, -0.25) is 10.1 Å². The number of rotatable bonds is 3. The van der Waals surface area contributed by atoms with E-state index in [1.54, 1.807) is 26.0 Å². The summed E-state index contributed by atoms with van der Waals surface area (Å²) < 4.78 is 16.5. The van der Waals surface area contributed by atoms with Gasteiger partial charge in [-0.1, -0.05) is 54.7 Å². The number of nitrogens with one attached hydrogen (secondary N) is 1. The van der Waals surface area contributed by atoms with Crippen molar-refractivity contribution in [3.8, 4) is 5.69 Å². The van der Waals surface area contributed by atoms with Gasteiger partial charge in [0.1, 0.15) is 11.5 Å². The second-order valence-corrected chi connectivity index (χ2v) is 6.81. The number of aryl methyl sites for hydroxylation is 1. The van der Waals surface area contributed by atoms with Crippen LogP contribution >= 0.6 is 11.3 Å². The summed E-state index contributed by atoms with van der Waals surface area (Å²) in [5.41, 5.74) is 2.39. The Bertz CT molecular complexity index is 1080. The van der Waals surface area contributed by atoms with E-state index in [1.807, 2.05) is 38.1 Å². The predicted octanol–water partition coefficient (Wildman–Crippen LogP) is 4.91. The van der Waals surface area contributed by atoms with Crippen molar-refractivity contribution >= 4 is 32.6 Å². The fourth-order valence-corrected chi connectivity index (χ4v) is 3.59. The number of carbonyl (C=O) groups excluding carboxylic acids is 1. The Morgan fingerprint density at radius 2 is 1.86 bits per heavy atom. The van der Waals surface area contributed by atoms with Crippen molar-refractivity contribution in [3.63, 3.8) is 0 Å². The summed E-state index contributed by atoms with van der Waals surface area (Å²) in [4.78, 5) is 16.9. The molecule has 2 aromatic heterocycles. The highest BCUT2D eigenvalue weighted by Crippen LogP contribution is 2.26. The van der Waals surface area contributed by atoms with E-state index >= 15 is 0 Å². The highest BCUT2D eigenvalue weighted by atomic mass is 32.1. The summed E-state index contributed by atoms with van der Waals surface area (Å²) in [5, 5.41) is 11.1. The number of fused-ring (bicyclic) bond motifs is 1. The molecule has 0 saturated carbocycles. The molecule has 0 radical (unpaired) electrons. The first-order chi connectivity index (χ1) is 13.5. The van der Waals surface area contributed by atoms with E-state index in [9.17, 15) is 9.18 Å². The zero-order valence-electron chi connectivity index (χ0n) is 16.0. The summed E-state index contributed by atoms with van der Waals surface area (Å²) in [5.74, 6) is -0.849. The highest BCUT2D eigenvalue weighted by molar-refractivity contribution is 7.22. The van der Waals surface area contributed by atoms with Crippen LogP contribution in [0.1, 0.15) is 35.6 Å². The summed E-state index contributed by atoms with van der Waals surface area (Å²) in [7, 11) is 0.